The average molecular weight is 327 g/mol. The summed E-state index contributed by atoms with van der Waals surface area (Å²) in [5.74, 6) is 3.98. The van der Waals surface area contributed by atoms with Crippen molar-refractivity contribution in [2.24, 2.45) is 17.8 Å². The van der Waals surface area contributed by atoms with Crippen LogP contribution in [0.25, 0.3) is 0 Å². The van der Waals surface area contributed by atoms with Crippen molar-refractivity contribution in [1.82, 2.24) is 0 Å². The highest BCUT2D eigenvalue weighted by Gasteiger charge is 2.27. The average Bonchev–Trinajstić information content (AvgIpc) is 2.67. The van der Waals surface area contributed by atoms with Crippen molar-refractivity contribution in [3.63, 3.8) is 0 Å². The van der Waals surface area contributed by atoms with Gasteiger partial charge in [0.2, 0.25) is 0 Å². The van der Waals surface area contributed by atoms with Gasteiger partial charge in [-0.2, -0.15) is 0 Å². The van der Waals surface area contributed by atoms with E-state index in [4.69, 9.17) is 4.74 Å². The maximum absolute atomic E-state index is 5.24. The van der Waals surface area contributed by atoms with Gasteiger partial charge in [-0.15, -0.1) is 0 Å². The topological polar surface area (TPSA) is 9.23 Å². The Kier molecular flexibility index (Phi) is 6.40. The molecular weight excluding hydrogens is 292 g/mol. The van der Waals surface area contributed by atoms with Gasteiger partial charge in [-0.25, -0.2) is 0 Å². The highest BCUT2D eigenvalue weighted by Crippen LogP contribution is 2.40. The second-order valence-electron chi connectivity index (χ2n) is 7.93. The summed E-state index contributed by atoms with van der Waals surface area (Å²) in [6, 6.07) is 8.56. The van der Waals surface area contributed by atoms with Crippen LogP contribution in [0.5, 0.6) is 5.75 Å². The Hall–Kier alpha value is -1.24. The van der Waals surface area contributed by atoms with Gasteiger partial charge in [0.05, 0.1) is 7.11 Å². The van der Waals surface area contributed by atoms with E-state index >= 15 is 0 Å². The Bertz CT molecular complexity index is 519. The number of benzene rings is 1. The van der Waals surface area contributed by atoms with Crippen molar-refractivity contribution in [2.75, 3.05) is 7.11 Å². The van der Waals surface area contributed by atoms with Crippen molar-refractivity contribution in [2.45, 2.75) is 71.1 Å². The molecule has 2 aliphatic rings. The number of aryl methyl sites for hydroxylation is 1. The summed E-state index contributed by atoms with van der Waals surface area (Å²) < 4.78 is 5.24. The summed E-state index contributed by atoms with van der Waals surface area (Å²) in [5.41, 5.74) is 3.13. The molecule has 0 radical (unpaired) electrons. The molecule has 2 aliphatic carbocycles. The molecule has 0 spiro atoms. The van der Waals surface area contributed by atoms with Crippen LogP contribution in [0.3, 0.4) is 0 Å². The molecule has 1 nitrogen and oxygen atoms in total. The van der Waals surface area contributed by atoms with Crippen LogP contribution in [0, 0.1) is 17.8 Å². The second kappa shape index (κ2) is 8.74. The fourth-order valence-electron chi connectivity index (χ4n) is 4.73. The zero-order chi connectivity index (χ0) is 16.8. The number of rotatable bonds is 6. The normalized spacial score (nSPS) is 27.6. The fraction of sp³-hybridized carbons (Fsp3) is 0.652. The first-order valence-corrected chi connectivity index (χ1v) is 10.1. The first-order valence-electron chi connectivity index (χ1n) is 10.1. The lowest BCUT2D eigenvalue weighted by Gasteiger charge is -2.35. The molecule has 1 fully saturated rings. The molecule has 0 aromatic heterocycles. The Morgan fingerprint density at radius 1 is 0.917 bits per heavy atom. The van der Waals surface area contributed by atoms with E-state index in [1.807, 2.05) is 0 Å². The van der Waals surface area contributed by atoms with Gasteiger partial charge < -0.3 is 4.74 Å². The summed E-state index contributed by atoms with van der Waals surface area (Å²) in [5, 5.41) is 0. The molecule has 3 rings (SSSR count). The van der Waals surface area contributed by atoms with E-state index in [9.17, 15) is 0 Å². The summed E-state index contributed by atoms with van der Waals surface area (Å²) in [6.07, 6.45) is 16.5. The number of hydrogen-bond acceptors (Lipinski definition) is 1. The molecule has 24 heavy (non-hydrogen) atoms. The predicted molar refractivity (Wildman–Crippen MR) is 102 cm³/mol. The highest BCUT2D eigenvalue weighted by atomic mass is 16.5. The molecule has 0 bridgehead atoms. The fourth-order valence-corrected chi connectivity index (χ4v) is 4.73. The quantitative estimate of drug-likeness (QED) is 0.537. The van der Waals surface area contributed by atoms with E-state index in [-0.39, 0.29) is 0 Å². The van der Waals surface area contributed by atoms with Gasteiger partial charge in [0.25, 0.3) is 0 Å². The first kappa shape index (κ1) is 17.6. The van der Waals surface area contributed by atoms with Gasteiger partial charge in [0.15, 0.2) is 0 Å². The minimum atomic E-state index is 0.955. The number of methoxy groups -OCH3 is 1. The van der Waals surface area contributed by atoms with Crippen LogP contribution in [0.4, 0.5) is 0 Å². The number of allylic oxidation sites excluding steroid dienone is 2. The smallest absolute Gasteiger partial charge is 0.118 e. The number of hydrogen-bond donors (Lipinski definition) is 0. The summed E-state index contributed by atoms with van der Waals surface area (Å²) in [6.45, 7) is 2.36. The van der Waals surface area contributed by atoms with Gasteiger partial charge in [-0.05, 0) is 80.4 Å². The van der Waals surface area contributed by atoms with Gasteiger partial charge in [0.1, 0.15) is 5.75 Å². The van der Waals surface area contributed by atoms with Crippen LogP contribution >= 0.6 is 0 Å². The van der Waals surface area contributed by atoms with E-state index in [1.165, 1.54) is 69.8 Å². The Morgan fingerprint density at radius 2 is 1.67 bits per heavy atom. The molecule has 0 saturated heterocycles. The van der Waals surface area contributed by atoms with E-state index in [1.54, 1.807) is 12.7 Å². The van der Waals surface area contributed by atoms with Crippen LogP contribution in [-0.2, 0) is 6.42 Å². The summed E-state index contributed by atoms with van der Waals surface area (Å²) in [4.78, 5) is 0. The van der Waals surface area contributed by atoms with E-state index < -0.39 is 0 Å². The molecule has 1 atom stereocenters. The number of ether oxygens (including phenoxy) is 1. The lowest BCUT2D eigenvalue weighted by Crippen LogP contribution is -2.23. The van der Waals surface area contributed by atoms with Gasteiger partial charge in [0, 0.05) is 0 Å². The van der Waals surface area contributed by atoms with E-state index in [0.29, 0.717) is 0 Å². The lowest BCUT2D eigenvalue weighted by molar-refractivity contribution is 0.189. The minimum Gasteiger partial charge on any atom is -0.497 e. The van der Waals surface area contributed by atoms with Gasteiger partial charge in [-0.1, -0.05) is 50.0 Å². The van der Waals surface area contributed by atoms with Gasteiger partial charge in [-0.3, -0.25) is 0 Å². The standard InChI is InChI=1S/C23H34O/c1-3-18-6-12-21(13-7-18)22-14-8-19(9-15-22)4-5-20-10-16-23(24-2)17-11-20/h8,10-11,16-18,21-22H,3-7,9,12-15H2,1-2H3. The molecule has 1 heteroatoms. The Balaban J connectivity index is 1.43. The summed E-state index contributed by atoms with van der Waals surface area (Å²) >= 11 is 0. The monoisotopic (exact) mass is 326 g/mol. The van der Waals surface area contributed by atoms with Crippen molar-refractivity contribution in [3.8, 4) is 5.75 Å². The van der Waals surface area contributed by atoms with Crippen LogP contribution in [0.15, 0.2) is 35.9 Å². The zero-order valence-corrected chi connectivity index (χ0v) is 15.6. The van der Waals surface area contributed by atoms with Crippen LogP contribution < -0.4 is 4.74 Å². The third-order valence-corrected chi connectivity index (χ3v) is 6.57. The Labute approximate surface area is 148 Å². The van der Waals surface area contributed by atoms with Crippen LogP contribution in [-0.4, -0.2) is 7.11 Å². The lowest BCUT2D eigenvalue weighted by atomic mass is 9.71. The third-order valence-electron chi connectivity index (χ3n) is 6.57. The maximum atomic E-state index is 5.24. The van der Waals surface area contributed by atoms with Crippen LogP contribution in [0.1, 0.15) is 70.3 Å². The molecule has 0 heterocycles. The third kappa shape index (κ3) is 4.65. The maximum Gasteiger partial charge on any atom is 0.118 e. The van der Waals surface area contributed by atoms with Crippen molar-refractivity contribution in [3.05, 3.63) is 41.5 Å². The second-order valence-corrected chi connectivity index (χ2v) is 7.93. The predicted octanol–water partition coefficient (Wildman–Crippen LogP) is 6.57. The molecule has 132 valence electrons. The summed E-state index contributed by atoms with van der Waals surface area (Å²) in [7, 11) is 1.73. The molecule has 1 unspecified atom stereocenters. The first-order chi connectivity index (χ1) is 11.8. The molecule has 0 aliphatic heterocycles. The van der Waals surface area contributed by atoms with Gasteiger partial charge >= 0.3 is 0 Å². The molecule has 1 saturated carbocycles. The largest absolute Gasteiger partial charge is 0.497 e. The molecule has 0 N–H and O–H groups in total. The van der Waals surface area contributed by atoms with E-state index in [2.05, 4.69) is 37.3 Å². The molecule has 0 amide bonds. The minimum absolute atomic E-state index is 0.955. The molecular formula is C23H34O. The SMILES string of the molecule is CCC1CCC(C2CC=C(CCc3ccc(OC)cc3)CC2)CC1. The van der Waals surface area contributed by atoms with Crippen LogP contribution in [0.2, 0.25) is 0 Å². The van der Waals surface area contributed by atoms with E-state index in [0.717, 1.165) is 23.5 Å². The highest BCUT2D eigenvalue weighted by molar-refractivity contribution is 5.27. The Morgan fingerprint density at radius 3 is 2.25 bits per heavy atom. The molecule has 1 aromatic rings. The zero-order valence-electron chi connectivity index (χ0n) is 15.6. The van der Waals surface area contributed by atoms with Crippen molar-refractivity contribution < 1.29 is 4.74 Å². The van der Waals surface area contributed by atoms with Crippen molar-refractivity contribution in [1.29, 1.82) is 0 Å². The molecule has 1 aromatic carbocycles. The van der Waals surface area contributed by atoms with Crippen molar-refractivity contribution >= 4 is 0 Å².